The quantitative estimate of drug-likeness (QED) is 0.645. The monoisotopic (exact) mass is 280 g/mol. The molecule has 0 amide bonds. The molecule has 1 fully saturated rings. The number of piperidine rings is 1. The van der Waals surface area contributed by atoms with E-state index in [1.54, 1.807) is 6.92 Å². The highest BCUT2D eigenvalue weighted by atomic mass is 16.6. The molecule has 1 aliphatic heterocycles. The summed E-state index contributed by atoms with van der Waals surface area (Å²) in [4.78, 5) is 22.9. The summed E-state index contributed by atoms with van der Waals surface area (Å²) in [5.41, 5.74) is 5.89. The number of rotatable bonds is 3. The first-order valence-electron chi connectivity index (χ1n) is 6.60. The highest BCUT2D eigenvalue weighted by molar-refractivity contribution is 5.62. The van der Waals surface area contributed by atoms with Gasteiger partial charge in [0.05, 0.1) is 4.92 Å². The van der Waals surface area contributed by atoms with Gasteiger partial charge in [-0.3, -0.25) is 10.1 Å². The molecule has 1 aliphatic rings. The molecule has 1 saturated heterocycles. The molecule has 8 nitrogen and oxygen atoms in total. The van der Waals surface area contributed by atoms with Gasteiger partial charge in [0.1, 0.15) is 5.69 Å². The smallest absolute Gasteiger partial charge is 0.332 e. The second-order valence-electron chi connectivity index (χ2n) is 5.24. The number of aryl methyl sites for hydroxylation is 1. The molecule has 1 aromatic heterocycles. The number of nitrogens with zero attached hydrogens (tertiary/aromatic N) is 5. The molecule has 110 valence electrons. The Morgan fingerprint density at radius 1 is 1.40 bits per heavy atom. The summed E-state index contributed by atoms with van der Waals surface area (Å²) in [6.45, 7) is 3.53. The molecular weight excluding hydrogens is 260 g/mol. The van der Waals surface area contributed by atoms with Gasteiger partial charge in [-0.15, -0.1) is 0 Å². The Balaban J connectivity index is 2.33. The van der Waals surface area contributed by atoms with Gasteiger partial charge in [-0.25, -0.2) is 4.98 Å². The molecule has 20 heavy (non-hydrogen) atoms. The lowest BCUT2D eigenvalue weighted by molar-refractivity contribution is -0.385. The first kappa shape index (κ1) is 14.4. The van der Waals surface area contributed by atoms with E-state index in [2.05, 4.69) is 21.9 Å². The molecule has 1 aromatic rings. The average molecular weight is 280 g/mol. The van der Waals surface area contributed by atoms with E-state index in [0.29, 0.717) is 11.5 Å². The Labute approximate surface area is 117 Å². The van der Waals surface area contributed by atoms with Crippen LogP contribution in [0.1, 0.15) is 18.5 Å². The molecule has 2 rings (SSSR count). The van der Waals surface area contributed by atoms with Crippen molar-refractivity contribution in [1.82, 2.24) is 14.9 Å². The predicted molar refractivity (Wildman–Crippen MR) is 76.8 cm³/mol. The lowest BCUT2D eigenvalue weighted by atomic mass is 10.0. The third kappa shape index (κ3) is 2.79. The van der Waals surface area contributed by atoms with Gasteiger partial charge in [-0.1, -0.05) is 0 Å². The number of likely N-dealkylation sites (tertiary alicyclic amines) is 1. The number of nitrogens with two attached hydrogens (primary N) is 1. The summed E-state index contributed by atoms with van der Waals surface area (Å²) in [7, 11) is 3.91. The fraction of sp³-hybridized carbons (Fsp3) is 0.667. The van der Waals surface area contributed by atoms with E-state index in [0.717, 1.165) is 25.9 Å². The molecule has 0 aliphatic carbocycles. The van der Waals surface area contributed by atoms with E-state index < -0.39 is 4.92 Å². The molecule has 0 spiro atoms. The van der Waals surface area contributed by atoms with Crippen LogP contribution < -0.4 is 10.6 Å². The van der Waals surface area contributed by atoms with Gasteiger partial charge >= 0.3 is 5.69 Å². The Hall–Kier alpha value is -1.96. The summed E-state index contributed by atoms with van der Waals surface area (Å²) < 4.78 is 0. The van der Waals surface area contributed by atoms with Crippen LogP contribution in [0.15, 0.2) is 0 Å². The molecule has 0 saturated carbocycles. The van der Waals surface area contributed by atoms with Gasteiger partial charge in [0, 0.05) is 13.1 Å². The van der Waals surface area contributed by atoms with Crippen LogP contribution in [-0.4, -0.2) is 53.0 Å². The van der Waals surface area contributed by atoms with E-state index in [-0.39, 0.29) is 17.7 Å². The summed E-state index contributed by atoms with van der Waals surface area (Å²) in [6, 6.07) is 0.235. The minimum absolute atomic E-state index is 0.0550. The second-order valence-corrected chi connectivity index (χ2v) is 5.24. The van der Waals surface area contributed by atoms with Crippen LogP contribution in [0.3, 0.4) is 0 Å². The molecule has 0 unspecified atom stereocenters. The maximum atomic E-state index is 11.2. The summed E-state index contributed by atoms with van der Waals surface area (Å²) in [6.07, 6.45) is 1.90. The Morgan fingerprint density at radius 3 is 2.55 bits per heavy atom. The van der Waals surface area contributed by atoms with Crippen molar-refractivity contribution in [2.75, 3.05) is 37.8 Å². The Kier molecular flexibility index (Phi) is 4.03. The largest absolute Gasteiger partial charge is 0.368 e. The zero-order valence-corrected chi connectivity index (χ0v) is 12.0. The van der Waals surface area contributed by atoms with Crippen molar-refractivity contribution in [3.8, 4) is 0 Å². The van der Waals surface area contributed by atoms with Crippen molar-refractivity contribution in [3.05, 3.63) is 15.8 Å². The van der Waals surface area contributed by atoms with Crippen molar-refractivity contribution in [2.24, 2.45) is 0 Å². The lowest BCUT2D eigenvalue weighted by Gasteiger charge is -2.35. The van der Waals surface area contributed by atoms with Crippen LogP contribution in [0, 0.1) is 17.0 Å². The van der Waals surface area contributed by atoms with E-state index in [9.17, 15) is 10.1 Å². The molecule has 0 bridgehead atoms. The zero-order valence-electron chi connectivity index (χ0n) is 12.0. The third-order valence-corrected chi connectivity index (χ3v) is 3.81. The van der Waals surface area contributed by atoms with Crippen LogP contribution in [0.5, 0.6) is 0 Å². The van der Waals surface area contributed by atoms with Crippen molar-refractivity contribution in [3.63, 3.8) is 0 Å². The highest BCUT2D eigenvalue weighted by Crippen LogP contribution is 2.31. The normalized spacial score (nSPS) is 17.1. The number of nitrogen functional groups attached to an aromatic ring is 1. The van der Waals surface area contributed by atoms with Gasteiger partial charge in [0.15, 0.2) is 0 Å². The van der Waals surface area contributed by atoms with Gasteiger partial charge in [-0.05, 0) is 39.9 Å². The second kappa shape index (κ2) is 5.58. The first-order valence-corrected chi connectivity index (χ1v) is 6.60. The number of hydrogen-bond acceptors (Lipinski definition) is 7. The maximum absolute atomic E-state index is 11.2. The maximum Gasteiger partial charge on any atom is 0.332 e. The number of hydrogen-bond donors (Lipinski definition) is 1. The molecule has 2 N–H and O–H groups in total. The third-order valence-electron chi connectivity index (χ3n) is 3.81. The Bertz CT molecular complexity index is 513. The molecule has 0 atom stereocenters. The molecular formula is C12H20N6O2. The minimum atomic E-state index is -0.435. The standard InChI is InChI=1S/C12H20N6O2/c1-8-10(18(19)20)11(15-12(13)14-8)17(3)9-4-6-16(2)7-5-9/h9H,4-7H2,1-3H3,(H2,13,14,15). The van der Waals surface area contributed by atoms with E-state index in [1.807, 2.05) is 11.9 Å². The highest BCUT2D eigenvalue weighted by Gasteiger charge is 2.29. The average Bonchev–Trinajstić information content (AvgIpc) is 2.37. The van der Waals surface area contributed by atoms with Crippen molar-refractivity contribution < 1.29 is 4.92 Å². The molecule has 8 heteroatoms. The van der Waals surface area contributed by atoms with Crippen LogP contribution in [0.2, 0.25) is 0 Å². The zero-order chi connectivity index (χ0) is 14.9. The van der Waals surface area contributed by atoms with Crippen molar-refractivity contribution >= 4 is 17.5 Å². The number of nitro groups is 1. The summed E-state index contributed by atoms with van der Waals surface area (Å²) in [5.74, 6) is 0.387. The van der Waals surface area contributed by atoms with Gasteiger partial charge in [0.25, 0.3) is 0 Å². The van der Waals surface area contributed by atoms with Gasteiger partial charge < -0.3 is 15.5 Å². The first-order chi connectivity index (χ1) is 9.40. The molecule has 0 aromatic carbocycles. The van der Waals surface area contributed by atoms with Crippen LogP contribution >= 0.6 is 0 Å². The van der Waals surface area contributed by atoms with Gasteiger partial charge in [-0.2, -0.15) is 4.98 Å². The van der Waals surface area contributed by atoms with Crippen molar-refractivity contribution in [2.45, 2.75) is 25.8 Å². The summed E-state index contributed by atoms with van der Waals surface area (Å²) in [5, 5.41) is 11.2. The Morgan fingerprint density at radius 2 is 2.00 bits per heavy atom. The van der Waals surface area contributed by atoms with E-state index >= 15 is 0 Å². The predicted octanol–water partition coefficient (Wildman–Crippen LogP) is 0.806. The van der Waals surface area contributed by atoms with E-state index in [4.69, 9.17) is 5.73 Å². The van der Waals surface area contributed by atoms with Crippen molar-refractivity contribution in [1.29, 1.82) is 0 Å². The minimum Gasteiger partial charge on any atom is -0.368 e. The molecule has 2 heterocycles. The lowest BCUT2D eigenvalue weighted by Crippen LogP contribution is -2.42. The van der Waals surface area contributed by atoms with Crippen LogP contribution in [-0.2, 0) is 0 Å². The van der Waals surface area contributed by atoms with Crippen LogP contribution in [0.4, 0.5) is 17.5 Å². The van der Waals surface area contributed by atoms with E-state index in [1.165, 1.54) is 0 Å². The number of aromatic nitrogens is 2. The fourth-order valence-corrected chi connectivity index (χ4v) is 2.59. The SMILES string of the molecule is Cc1nc(N)nc(N(C)C2CCN(C)CC2)c1[N+](=O)[O-]. The summed E-state index contributed by atoms with van der Waals surface area (Å²) >= 11 is 0. The fourth-order valence-electron chi connectivity index (χ4n) is 2.59. The molecule has 0 radical (unpaired) electrons. The number of anilines is 2. The van der Waals surface area contributed by atoms with Crippen LogP contribution in [0.25, 0.3) is 0 Å². The topological polar surface area (TPSA) is 101 Å². The van der Waals surface area contributed by atoms with Gasteiger partial charge in [0.2, 0.25) is 11.8 Å².